The standard InChI is InChI=1S/C9H9BrClNO5S/c10-5-1-2-8(6(11)3-5)18(16,17)12-7(4-13)9(14)15/h1-3,7,12-13H,4H2,(H,14,15). The van der Waals surface area contributed by atoms with Gasteiger partial charge in [-0.1, -0.05) is 27.5 Å². The van der Waals surface area contributed by atoms with Gasteiger partial charge in [-0.2, -0.15) is 4.72 Å². The smallest absolute Gasteiger partial charge is 0.324 e. The Morgan fingerprint density at radius 3 is 2.56 bits per heavy atom. The fourth-order valence-electron chi connectivity index (χ4n) is 1.11. The summed E-state index contributed by atoms with van der Waals surface area (Å²) in [6.07, 6.45) is 0. The number of halogens is 2. The van der Waals surface area contributed by atoms with Gasteiger partial charge >= 0.3 is 5.97 Å². The molecule has 0 spiro atoms. The lowest BCUT2D eigenvalue weighted by Gasteiger charge is -2.13. The van der Waals surface area contributed by atoms with Crippen LogP contribution < -0.4 is 4.72 Å². The minimum Gasteiger partial charge on any atom is -0.480 e. The van der Waals surface area contributed by atoms with E-state index in [1.807, 2.05) is 4.72 Å². The monoisotopic (exact) mass is 357 g/mol. The van der Waals surface area contributed by atoms with Gasteiger partial charge in [0, 0.05) is 4.47 Å². The summed E-state index contributed by atoms with van der Waals surface area (Å²) in [4.78, 5) is 10.4. The number of sulfonamides is 1. The van der Waals surface area contributed by atoms with Crippen LogP contribution in [0.15, 0.2) is 27.6 Å². The second-order valence-corrected chi connectivity index (χ2v) is 6.27. The van der Waals surface area contributed by atoms with E-state index in [0.29, 0.717) is 4.47 Å². The van der Waals surface area contributed by atoms with E-state index in [0.717, 1.165) is 0 Å². The number of carboxylic acid groups (broad SMARTS) is 1. The van der Waals surface area contributed by atoms with Crippen LogP contribution in [0.3, 0.4) is 0 Å². The topological polar surface area (TPSA) is 104 Å². The molecule has 1 atom stereocenters. The van der Waals surface area contributed by atoms with Gasteiger partial charge in [0.15, 0.2) is 0 Å². The van der Waals surface area contributed by atoms with Crippen molar-refractivity contribution in [2.45, 2.75) is 10.9 Å². The molecule has 0 aliphatic carbocycles. The highest BCUT2D eigenvalue weighted by Gasteiger charge is 2.26. The van der Waals surface area contributed by atoms with Gasteiger partial charge in [0.2, 0.25) is 10.0 Å². The third-order valence-electron chi connectivity index (χ3n) is 1.96. The molecule has 0 bridgehead atoms. The SMILES string of the molecule is O=C(O)C(CO)NS(=O)(=O)c1ccc(Br)cc1Cl. The summed E-state index contributed by atoms with van der Waals surface area (Å²) < 4.78 is 26.1. The van der Waals surface area contributed by atoms with Gasteiger partial charge in [0.1, 0.15) is 10.9 Å². The van der Waals surface area contributed by atoms with Crippen molar-refractivity contribution in [3.8, 4) is 0 Å². The zero-order valence-corrected chi connectivity index (χ0v) is 12.0. The van der Waals surface area contributed by atoms with Crippen LogP contribution in [0.25, 0.3) is 0 Å². The van der Waals surface area contributed by atoms with Crippen LogP contribution in [-0.2, 0) is 14.8 Å². The molecule has 1 aromatic rings. The summed E-state index contributed by atoms with van der Waals surface area (Å²) in [6.45, 7) is -0.858. The van der Waals surface area contributed by atoms with E-state index in [1.54, 1.807) is 0 Å². The quantitative estimate of drug-likeness (QED) is 0.723. The molecule has 0 aromatic heterocycles. The summed E-state index contributed by atoms with van der Waals surface area (Å²) >= 11 is 8.88. The van der Waals surface area contributed by atoms with Crippen LogP contribution in [-0.4, -0.2) is 37.2 Å². The Labute approximate surface area is 117 Å². The molecule has 0 saturated heterocycles. The average molecular weight is 359 g/mol. The Kier molecular flexibility index (Phi) is 5.11. The molecule has 0 saturated carbocycles. The summed E-state index contributed by atoms with van der Waals surface area (Å²) in [5.74, 6) is -1.48. The van der Waals surface area contributed by atoms with Crippen LogP contribution in [0, 0.1) is 0 Å². The zero-order chi connectivity index (χ0) is 13.9. The fourth-order valence-corrected chi connectivity index (χ4v) is 3.33. The zero-order valence-electron chi connectivity index (χ0n) is 8.80. The van der Waals surface area contributed by atoms with E-state index >= 15 is 0 Å². The molecule has 1 rings (SSSR count). The maximum Gasteiger partial charge on any atom is 0.324 e. The second kappa shape index (κ2) is 5.98. The summed E-state index contributed by atoms with van der Waals surface area (Å²) in [6, 6.07) is 2.43. The van der Waals surface area contributed by atoms with Crippen molar-refractivity contribution in [3.63, 3.8) is 0 Å². The number of aliphatic hydroxyl groups is 1. The first-order valence-electron chi connectivity index (χ1n) is 4.59. The Morgan fingerprint density at radius 1 is 1.50 bits per heavy atom. The average Bonchev–Trinajstić information content (AvgIpc) is 2.24. The summed E-state index contributed by atoms with van der Waals surface area (Å²) in [7, 11) is -4.11. The maximum absolute atomic E-state index is 11.9. The molecule has 0 fully saturated rings. The van der Waals surface area contributed by atoms with Gasteiger partial charge in [-0.3, -0.25) is 4.79 Å². The van der Waals surface area contributed by atoms with Crippen LogP contribution in [0.4, 0.5) is 0 Å². The number of rotatable bonds is 5. The van der Waals surface area contributed by atoms with Crippen LogP contribution >= 0.6 is 27.5 Å². The number of hydrogen-bond acceptors (Lipinski definition) is 4. The molecule has 0 amide bonds. The van der Waals surface area contributed by atoms with Crippen LogP contribution in [0.1, 0.15) is 0 Å². The van der Waals surface area contributed by atoms with E-state index in [1.165, 1.54) is 18.2 Å². The van der Waals surface area contributed by atoms with E-state index < -0.39 is 28.6 Å². The first-order chi connectivity index (χ1) is 8.27. The van der Waals surface area contributed by atoms with Gasteiger partial charge in [0.25, 0.3) is 0 Å². The molecule has 0 aliphatic rings. The first-order valence-corrected chi connectivity index (χ1v) is 7.24. The molecule has 18 heavy (non-hydrogen) atoms. The molecule has 0 heterocycles. The van der Waals surface area contributed by atoms with E-state index in [9.17, 15) is 13.2 Å². The predicted molar refractivity (Wildman–Crippen MR) is 68.0 cm³/mol. The normalized spacial score (nSPS) is 13.3. The van der Waals surface area contributed by atoms with Crippen molar-refractivity contribution >= 4 is 43.5 Å². The lowest BCUT2D eigenvalue weighted by molar-refractivity contribution is -0.139. The molecule has 3 N–H and O–H groups in total. The molecule has 1 aromatic carbocycles. The molecule has 9 heteroatoms. The van der Waals surface area contributed by atoms with E-state index in [4.69, 9.17) is 21.8 Å². The fraction of sp³-hybridized carbons (Fsp3) is 0.222. The van der Waals surface area contributed by atoms with Crippen molar-refractivity contribution in [1.29, 1.82) is 0 Å². The van der Waals surface area contributed by atoms with Gasteiger partial charge in [0.05, 0.1) is 11.6 Å². The minimum atomic E-state index is -4.11. The number of carbonyl (C=O) groups is 1. The Balaban J connectivity index is 3.10. The molecule has 6 nitrogen and oxygen atoms in total. The lowest BCUT2D eigenvalue weighted by Crippen LogP contribution is -2.43. The molecule has 0 aliphatic heterocycles. The van der Waals surface area contributed by atoms with Gasteiger partial charge in [-0.25, -0.2) is 8.42 Å². The van der Waals surface area contributed by atoms with Gasteiger partial charge in [-0.15, -0.1) is 0 Å². The molecular weight excluding hydrogens is 350 g/mol. The highest BCUT2D eigenvalue weighted by atomic mass is 79.9. The van der Waals surface area contributed by atoms with E-state index in [-0.39, 0.29) is 9.92 Å². The van der Waals surface area contributed by atoms with Gasteiger partial charge < -0.3 is 10.2 Å². The molecule has 100 valence electrons. The van der Waals surface area contributed by atoms with Crippen molar-refractivity contribution in [3.05, 3.63) is 27.7 Å². The van der Waals surface area contributed by atoms with Crippen LogP contribution in [0.2, 0.25) is 5.02 Å². The third kappa shape index (κ3) is 3.66. The number of carboxylic acids is 1. The van der Waals surface area contributed by atoms with E-state index in [2.05, 4.69) is 15.9 Å². The van der Waals surface area contributed by atoms with Crippen molar-refractivity contribution in [2.75, 3.05) is 6.61 Å². The third-order valence-corrected chi connectivity index (χ3v) is 4.41. The Morgan fingerprint density at radius 2 is 2.11 bits per heavy atom. The number of benzene rings is 1. The Bertz CT molecular complexity index is 562. The number of aliphatic hydroxyl groups excluding tert-OH is 1. The Hall–Kier alpha value is -0.670. The number of hydrogen-bond donors (Lipinski definition) is 3. The summed E-state index contributed by atoms with van der Waals surface area (Å²) in [5.41, 5.74) is 0. The highest BCUT2D eigenvalue weighted by molar-refractivity contribution is 9.10. The number of nitrogens with one attached hydrogen (secondary N) is 1. The lowest BCUT2D eigenvalue weighted by atomic mass is 10.3. The molecule has 1 unspecified atom stereocenters. The number of aliphatic carboxylic acids is 1. The van der Waals surface area contributed by atoms with Crippen molar-refractivity contribution < 1.29 is 23.4 Å². The van der Waals surface area contributed by atoms with Crippen molar-refractivity contribution in [1.82, 2.24) is 4.72 Å². The van der Waals surface area contributed by atoms with Gasteiger partial charge in [-0.05, 0) is 18.2 Å². The highest BCUT2D eigenvalue weighted by Crippen LogP contribution is 2.25. The van der Waals surface area contributed by atoms with Crippen molar-refractivity contribution in [2.24, 2.45) is 0 Å². The van der Waals surface area contributed by atoms with Crippen LogP contribution in [0.5, 0.6) is 0 Å². The first kappa shape index (κ1) is 15.4. The second-order valence-electron chi connectivity index (χ2n) is 3.27. The predicted octanol–water partition coefficient (Wildman–Crippen LogP) is 0.826. The summed E-state index contributed by atoms with van der Waals surface area (Å²) in [5, 5.41) is 17.4. The maximum atomic E-state index is 11.9. The molecular formula is C9H9BrClNO5S. The molecule has 0 radical (unpaired) electrons. The largest absolute Gasteiger partial charge is 0.480 e. The minimum absolute atomic E-state index is 0.0565.